The summed E-state index contributed by atoms with van der Waals surface area (Å²) in [5, 5.41) is 5.60. The van der Waals surface area contributed by atoms with Gasteiger partial charge in [-0.1, -0.05) is 12.1 Å². The average molecular weight is 397 g/mol. The molecular weight excluding hydrogens is 374 g/mol. The van der Waals surface area contributed by atoms with Gasteiger partial charge in [0.05, 0.1) is 22.9 Å². The summed E-state index contributed by atoms with van der Waals surface area (Å²) in [4.78, 5) is 23.9. The standard InChI is InChI=1S/C24H23N5O/c1-16-14-17(2)29(27-16)20-10-13-28(15-20)24(30)19-7-5-18(6-8-19)23-21-4-3-11-25-22(21)9-12-26-23/h3-9,11-12,14,20H,10,13,15H2,1-2H3. The number of likely N-dealkylation sites (tertiary alicyclic amines) is 1. The molecule has 1 atom stereocenters. The molecule has 5 rings (SSSR count). The maximum absolute atomic E-state index is 13.0. The summed E-state index contributed by atoms with van der Waals surface area (Å²) >= 11 is 0. The Hall–Kier alpha value is -3.54. The zero-order valence-electron chi connectivity index (χ0n) is 17.1. The number of hydrogen-bond donors (Lipinski definition) is 0. The first-order chi connectivity index (χ1) is 14.6. The zero-order valence-corrected chi connectivity index (χ0v) is 17.1. The molecule has 1 fully saturated rings. The van der Waals surface area contributed by atoms with Crippen LogP contribution in [0.2, 0.25) is 0 Å². The van der Waals surface area contributed by atoms with E-state index in [1.807, 2.05) is 54.3 Å². The number of fused-ring (bicyclic) bond motifs is 1. The Balaban J connectivity index is 1.36. The van der Waals surface area contributed by atoms with Crippen LogP contribution in [0.3, 0.4) is 0 Å². The second-order valence-corrected chi connectivity index (χ2v) is 7.87. The number of rotatable bonds is 3. The van der Waals surface area contributed by atoms with Crippen LogP contribution < -0.4 is 0 Å². The van der Waals surface area contributed by atoms with Gasteiger partial charge in [-0.2, -0.15) is 5.10 Å². The summed E-state index contributed by atoms with van der Waals surface area (Å²) < 4.78 is 2.06. The first-order valence-electron chi connectivity index (χ1n) is 10.2. The number of carbonyl (C=O) groups excluding carboxylic acids is 1. The number of nitrogens with zero attached hydrogens (tertiary/aromatic N) is 5. The third-order valence-corrected chi connectivity index (χ3v) is 5.78. The molecule has 1 aliphatic rings. The van der Waals surface area contributed by atoms with Gasteiger partial charge in [0.1, 0.15) is 0 Å². The summed E-state index contributed by atoms with van der Waals surface area (Å²) in [5.41, 5.74) is 5.64. The summed E-state index contributed by atoms with van der Waals surface area (Å²) in [6.07, 6.45) is 4.48. The fourth-order valence-electron chi connectivity index (χ4n) is 4.33. The van der Waals surface area contributed by atoms with Crippen molar-refractivity contribution in [2.75, 3.05) is 13.1 Å². The van der Waals surface area contributed by atoms with E-state index in [1.165, 1.54) is 0 Å². The van der Waals surface area contributed by atoms with Crippen LogP contribution in [0, 0.1) is 13.8 Å². The molecule has 6 nitrogen and oxygen atoms in total. The van der Waals surface area contributed by atoms with Crippen LogP contribution in [-0.2, 0) is 0 Å². The molecule has 0 aliphatic carbocycles. The molecule has 4 heterocycles. The molecule has 1 saturated heterocycles. The Morgan fingerprint density at radius 2 is 1.87 bits per heavy atom. The van der Waals surface area contributed by atoms with Crippen LogP contribution in [0.5, 0.6) is 0 Å². The van der Waals surface area contributed by atoms with Crippen molar-refractivity contribution in [2.24, 2.45) is 0 Å². The second-order valence-electron chi connectivity index (χ2n) is 7.87. The van der Waals surface area contributed by atoms with E-state index in [2.05, 4.69) is 32.7 Å². The molecule has 150 valence electrons. The fraction of sp³-hybridized carbons (Fsp3) is 0.250. The molecule has 1 unspecified atom stereocenters. The topological polar surface area (TPSA) is 63.9 Å². The van der Waals surface area contributed by atoms with Gasteiger partial charge < -0.3 is 4.90 Å². The highest BCUT2D eigenvalue weighted by molar-refractivity contribution is 5.96. The summed E-state index contributed by atoms with van der Waals surface area (Å²) in [6.45, 7) is 5.52. The first kappa shape index (κ1) is 18.5. The van der Waals surface area contributed by atoms with Gasteiger partial charge in [-0.25, -0.2) is 0 Å². The lowest BCUT2D eigenvalue weighted by Crippen LogP contribution is -2.29. The van der Waals surface area contributed by atoms with Crippen LogP contribution in [-0.4, -0.2) is 43.6 Å². The third-order valence-electron chi connectivity index (χ3n) is 5.78. The van der Waals surface area contributed by atoms with Crippen LogP contribution in [0.25, 0.3) is 22.2 Å². The van der Waals surface area contributed by atoms with Crippen LogP contribution in [0.4, 0.5) is 0 Å². The monoisotopic (exact) mass is 397 g/mol. The number of carbonyl (C=O) groups is 1. The van der Waals surface area contributed by atoms with Crippen molar-refractivity contribution in [3.05, 3.63) is 77.9 Å². The van der Waals surface area contributed by atoms with Crippen molar-refractivity contribution in [3.8, 4) is 11.3 Å². The van der Waals surface area contributed by atoms with Gasteiger partial charge in [0, 0.05) is 47.7 Å². The van der Waals surface area contributed by atoms with Crippen molar-refractivity contribution in [3.63, 3.8) is 0 Å². The van der Waals surface area contributed by atoms with Gasteiger partial charge in [-0.15, -0.1) is 0 Å². The van der Waals surface area contributed by atoms with E-state index in [-0.39, 0.29) is 11.9 Å². The van der Waals surface area contributed by atoms with Crippen LogP contribution in [0.1, 0.15) is 34.2 Å². The van der Waals surface area contributed by atoms with E-state index >= 15 is 0 Å². The van der Waals surface area contributed by atoms with Crippen molar-refractivity contribution in [1.82, 2.24) is 24.6 Å². The number of benzene rings is 1. The van der Waals surface area contributed by atoms with Gasteiger partial charge in [-0.3, -0.25) is 19.4 Å². The van der Waals surface area contributed by atoms with Crippen molar-refractivity contribution in [2.45, 2.75) is 26.3 Å². The van der Waals surface area contributed by atoms with Crippen LogP contribution >= 0.6 is 0 Å². The molecule has 1 amide bonds. The number of aromatic nitrogens is 4. The fourth-order valence-corrected chi connectivity index (χ4v) is 4.33. The van der Waals surface area contributed by atoms with Crippen molar-refractivity contribution < 1.29 is 4.79 Å². The molecule has 0 saturated carbocycles. The largest absolute Gasteiger partial charge is 0.336 e. The Bertz CT molecular complexity index is 1220. The SMILES string of the molecule is Cc1cc(C)n(C2CCN(C(=O)c3ccc(-c4nccc5ncccc45)cc3)C2)n1. The molecule has 0 N–H and O–H groups in total. The molecule has 0 spiro atoms. The lowest BCUT2D eigenvalue weighted by Gasteiger charge is -2.18. The molecule has 1 aromatic carbocycles. The molecule has 6 heteroatoms. The predicted octanol–water partition coefficient (Wildman–Crippen LogP) is 4.20. The van der Waals surface area contributed by atoms with Crippen molar-refractivity contribution >= 4 is 16.8 Å². The highest BCUT2D eigenvalue weighted by Crippen LogP contribution is 2.27. The molecule has 4 aromatic rings. The number of pyridine rings is 2. The van der Waals surface area contributed by atoms with Gasteiger partial charge in [0.2, 0.25) is 0 Å². The molecular formula is C24H23N5O. The third kappa shape index (κ3) is 3.24. The molecule has 3 aromatic heterocycles. The Morgan fingerprint density at radius 3 is 2.63 bits per heavy atom. The normalized spacial score (nSPS) is 16.3. The lowest BCUT2D eigenvalue weighted by molar-refractivity contribution is 0.0787. The van der Waals surface area contributed by atoms with Gasteiger partial charge in [0.25, 0.3) is 5.91 Å². The van der Waals surface area contributed by atoms with Gasteiger partial charge in [0.15, 0.2) is 0 Å². The van der Waals surface area contributed by atoms with E-state index in [0.29, 0.717) is 12.1 Å². The second kappa shape index (κ2) is 7.37. The Labute approximate surface area is 175 Å². The highest BCUT2D eigenvalue weighted by Gasteiger charge is 2.29. The number of hydrogen-bond acceptors (Lipinski definition) is 4. The van der Waals surface area contributed by atoms with Crippen molar-refractivity contribution in [1.29, 1.82) is 0 Å². The summed E-state index contributed by atoms with van der Waals surface area (Å²) in [7, 11) is 0. The maximum Gasteiger partial charge on any atom is 0.253 e. The minimum Gasteiger partial charge on any atom is -0.336 e. The smallest absolute Gasteiger partial charge is 0.253 e. The predicted molar refractivity (Wildman–Crippen MR) is 116 cm³/mol. The maximum atomic E-state index is 13.0. The Morgan fingerprint density at radius 1 is 1.03 bits per heavy atom. The average Bonchev–Trinajstić information content (AvgIpc) is 3.39. The zero-order chi connectivity index (χ0) is 20.7. The first-order valence-corrected chi connectivity index (χ1v) is 10.2. The van der Waals surface area contributed by atoms with E-state index in [0.717, 1.165) is 46.5 Å². The minimum atomic E-state index is 0.0677. The lowest BCUT2D eigenvalue weighted by atomic mass is 10.0. The van der Waals surface area contributed by atoms with Gasteiger partial charge >= 0.3 is 0 Å². The molecule has 1 aliphatic heterocycles. The minimum absolute atomic E-state index is 0.0677. The van der Waals surface area contributed by atoms with E-state index < -0.39 is 0 Å². The van der Waals surface area contributed by atoms with Crippen LogP contribution in [0.15, 0.2) is 60.9 Å². The van der Waals surface area contributed by atoms with E-state index in [1.54, 1.807) is 12.4 Å². The summed E-state index contributed by atoms with van der Waals surface area (Å²) in [6, 6.07) is 15.9. The highest BCUT2D eigenvalue weighted by atomic mass is 16.2. The Kier molecular flexibility index (Phi) is 4.54. The molecule has 0 bridgehead atoms. The molecule has 30 heavy (non-hydrogen) atoms. The van der Waals surface area contributed by atoms with E-state index in [9.17, 15) is 4.79 Å². The molecule has 0 radical (unpaired) electrons. The summed E-state index contributed by atoms with van der Waals surface area (Å²) in [5.74, 6) is 0.0677. The van der Waals surface area contributed by atoms with E-state index in [4.69, 9.17) is 0 Å². The quantitative estimate of drug-likeness (QED) is 0.520. The van der Waals surface area contributed by atoms with Gasteiger partial charge in [-0.05, 0) is 56.7 Å². The number of amides is 1. The number of aryl methyl sites for hydroxylation is 2.